The van der Waals surface area contributed by atoms with Crippen molar-refractivity contribution in [1.82, 2.24) is 4.31 Å². The monoisotopic (exact) mass is 370 g/mol. The Morgan fingerprint density at radius 3 is 2.43 bits per heavy atom. The predicted octanol–water partition coefficient (Wildman–Crippen LogP) is 3.11. The second kappa shape index (κ2) is 6.42. The van der Waals surface area contributed by atoms with Gasteiger partial charge in [-0.3, -0.25) is 0 Å². The molecule has 1 saturated heterocycles. The molecule has 1 heterocycles. The molecule has 0 radical (unpaired) electrons. The first-order valence-corrected chi connectivity index (χ1v) is 9.35. The van der Waals surface area contributed by atoms with Gasteiger partial charge in [0.1, 0.15) is 4.90 Å². The fraction of sp³-hybridized carbons (Fsp3) is 0.250. The van der Waals surface area contributed by atoms with E-state index in [9.17, 15) is 8.42 Å². The lowest BCUT2D eigenvalue weighted by Crippen LogP contribution is -2.32. The van der Waals surface area contributed by atoms with Crippen molar-refractivity contribution in [2.24, 2.45) is 5.73 Å². The Hall–Kier alpha value is -1.11. The molecule has 0 aliphatic carbocycles. The maximum atomic E-state index is 12.9. The van der Waals surface area contributed by atoms with Crippen LogP contribution in [0.4, 0.5) is 0 Å². The van der Waals surface area contributed by atoms with Gasteiger partial charge in [-0.05, 0) is 23.8 Å². The Balaban J connectivity index is 1.92. The number of hydrogen-bond acceptors (Lipinski definition) is 3. The van der Waals surface area contributed by atoms with Gasteiger partial charge in [0.25, 0.3) is 0 Å². The van der Waals surface area contributed by atoms with Crippen LogP contribution in [-0.4, -0.2) is 31.9 Å². The van der Waals surface area contributed by atoms with Crippen LogP contribution in [0.3, 0.4) is 0 Å². The summed E-state index contributed by atoms with van der Waals surface area (Å²) in [6.07, 6.45) is 0. The Bertz CT molecular complexity index is 812. The summed E-state index contributed by atoms with van der Waals surface area (Å²) < 4.78 is 27.1. The van der Waals surface area contributed by atoms with E-state index in [1.165, 1.54) is 16.4 Å². The zero-order chi connectivity index (χ0) is 16.6. The molecule has 23 heavy (non-hydrogen) atoms. The SMILES string of the molecule is N[C@@H]1CN(S(=O)(=O)c2cc(Cl)ccc2Cl)C[C@H]1c1ccccc1. The van der Waals surface area contributed by atoms with Crippen LogP contribution in [-0.2, 0) is 10.0 Å². The van der Waals surface area contributed by atoms with E-state index in [2.05, 4.69) is 0 Å². The van der Waals surface area contributed by atoms with Crippen molar-refractivity contribution >= 4 is 33.2 Å². The van der Waals surface area contributed by atoms with E-state index in [-0.39, 0.29) is 28.4 Å². The van der Waals surface area contributed by atoms with Gasteiger partial charge in [-0.25, -0.2) is 8.42 Å². The van der Waals surface area contributed by atoms with Crippen molar-refractivity contribution in [2.45, 2.75) is 16.9 Å². The Morgan fingerprint density at radius 2 is 1.74 bits per heavy atom. The highest BCUT2D eigenvalue weighted by Gasteiger charge is 2.39. The highest BCUT2D eigenvalue weighted by molar-refractivity contribution is 7.89. The number of halogens is 2. The van der Waals surface area contributed by atoms with Gasteiger partial charge in [0, 0.05) is 30.1 Å². The average Bonchev–Trinajstić information content (AvgIpc) is 2.93. The fourth-order valence-corrected chi connectivity index (χ4v) is 5.10. The number of hydrogen-bond donors (Lipinski definition) is 1. The number of sulfonamides is 1. The average molecular weight is 371 g/mol. The first-order chi connectivity index (χ1) is 10.9. The molecule has 122 valence electrons. The first kappa shape index (κ1) is 16.7. The molecule has 2 aromatic rings. The maximum Gasteiger partial charge on any atom is 0.244 e. The van der Waals surface area contributed by atoms with E-state index in [1.807, 2.05) is 30.3 Å². The van der Waals surface area contributed by atoms with Crippen molar-refractivity contribution in [3.05, 3.63) is 64.1 Å². The molecule has 1 aliphatic rings. The fourth-order valence-electron chi connectivity index (χ4n) is 2.85. The second-order valence-corrected chi connectivity index (χ2v) is 8.33. The molecule has 2 aromatic carbocycles. The summed E-state index contributed by atoms with van der Waals surface area (Å²) in [7, 11) is -3.73. The largest absolute Gasteiger partial charge is 0.326 e. The lowest BCUT2D eigenvalue weighted by Gasteiger charge is -2.17. The lowest BCUT2D eigenvalue weighted by molar-refractivity contribution is 0.470. The van der Waals surface area contributed by atoms with Gasteiger partial charge in [0.15, 0.2) is 0 Å². The minimum absolute atomic E-state index is 0.0209. The van der Waals surface area contributed by atoms with Gasteiger partial charge < -0.3 is 5.73 Å². The van der Waals surface area contributed by atoms with Gasteiger partial charge >= 0.3 is 0 Å². The van der Waals surface area contributed by atoms with Crippen LogP contribution in [0.2, 0.25) is 10.0 Å². The highest BCUT2D eigenvalue weighted by Crippen LogP contribution is 2.33. The summed E-state index contributed by atoms with van der Waals surface area (Å²) >= 11 is 12.0. The molecule has 3 rings (SSSR count). The van der Waals surface area contributed by atoms with Crippen molar-refractivity contribution in [1.29, 1.82) is 0 Å². The first-order valence-electron chi connectivity index (χ1n) is 7.15. The third kappa shape index (κ3) is 3.25. The standard InChI is InChI=1S/C16H16Cl2N2O2S/c17-12-6-7-14(18)16(8-12)23(21,22)20-9-13(15(19)10-20)11-4-2-1-3-5-11/h1-8,13,15H,9-10,19H2/t13-,15+/m0/s1. The third-order valence-corrected chi connectivity index (χ3v) is 6.62. The summed E-state index contributed by atoms with van der Waals surface area (Å²) in [6.45, 7) is 0.584. The predicted molar refractivity (Wildman–Crippen MR) is 92.4 cm³/mol. The van der Waals surface area contributed by atoms with Crippen LogP contribution >= 0.6 is 23.2 Å². The maximum absolute atomic E-state index is 12.9. The Labute approximate surface area is 145 Å². The van der Waals surface area contributed by atoms with Gasteiger partial charge in [-0.2, -0.15) is 4.31 Å². The molecule has 1 fully saturated rings. The molecule has 0 aromatic heterocycles. The third-order valence-electron chi connectivity index (χ3n) is 4.07. The van der Waals surface area contributed by atoms with Gasteiger partial charge in [-0.15, -0.1) is 0 Å². The van der Waals surface area contributed by atoms with Gasteiger partial charge in [-0.1, -0.05) is 53.5 Å². The molecule has 0 unspecified atom stereocenters. The molecule has 7 heteroatoms. The zero-order valence-corrected chi connectivity index (χ0v) is 14.5. The van der Waals surface area contributed by atoms with E-state index < -0.39 is 10.0 Å². The van der Waals surface area contributed by atoms with Gasteiger partial charge in [0.2, 0.25) is 10.0 Å². The zero-order valence-electron chi connectivity index (χ0n) is 12.2. The molecular formula is C16H16Cl2N2O2S. The topological polar surface area (TPSA) is 63.4 Å². The lowest BCUT2D eigenvalue weighted by atomic mass is 9.95. The molecule has 4 nitrogen and oxygen atoms in total. The molecule has 2 atom stereocenters. The number of nitrogens with zero attached hydrogens (tertiary/aromatic N) is 1. The summed E-state index contributed by atoms with van der Waals surface area (Å²) in [5.74, 6) is -0.0380. The molecule has 0 bridgehead atoms. The van der Waals surface area contributed by atoms with Crippen LogP contribution in [0, 0.1) is 0 Å². The molecular weight excluding hydrogens is 355 g/mol. The summed E-state index contributed by atoms with van der Waals surface area (Å²) in [6, 6.07) is 13.9. The molecule has 2 N–H and O–H groups in total. The van der Waals surface area contributed by atoms with Crippen molar-refractivity contribution in [2.75, 3.05) is 13.1 Å². The second-order valence-electron chi connectivity index (χ2n) is 5.58. The summed E-state index contributed by atoms with van der Waals surface area (Å²) in [5, 5.41) is 0.488. The normalized spacial score (nSPS) is 22.4. The molecule has 0 amide bonds. The number of nitrogens with two attached hydrogens (primary N) is 1. The van der Waals surface area contributed by atoms with Crippen LogP contribution in [0.5, 0.6) is 0 Å². The van der Waals surface area contributed by atoms with Crippen LogP contribution in [0.1, 0.15) is 11.5 Å². The van der Waals surface area contributed by atoms with Crippen molar-refractivity contribution in [3.8, 4) is 0 Å². The van der Waals surface area contributed by atoms with E-state index >= 15 is 0 Å². The summed E-state index contributed by atoms with van der Waals surface area (Å²) in [4.78, 5) is 0.0209. The number of benzene rings is 2. The van der Waals surface area contributed by atoms with Crippen LogP contribution in [0.25, 0.3) is 0 Å². The smallest absolute Gasteiger partial charge is 0.244 e. The minimum Gasteiger partial charge on any atom is -0.326 e. The molecule has 0 saturated carbocycles. The molecule has 1 aliphatic heterocycles. The van der Waals surface area contributed by atoms with E-state index in [0.717, 1.165) is 5.56 Å². The van der Waals surface area contributed by atoms with E-state index in [0.29, 0.717) is 11.6 Å². The van der Waals surface area contributed by atoms with Gasteiger partial charge in [0.05, 0.1) is 5.02 Å². The summed E-state index contributed by atoms with van der Waals surface area (Å²) in [5.41, 5.74) is 7.22. The van der Waals surface area contributed by atoms with Crippen LogP contribution < -0.4 is 5.73 Å². The van der Waals surface area contributed by atoms with E-state index in [1.54, 1.807) is 6.07 Å². The Kier molecular flexibility index (Phi) is 4.67. The number of rotatable bonds is 3. The molecule has 0 spiro atoms. The highest BCUT2D eigenvalue weighted by atomic mass is 35.5. The van der Waals surface area contributed by atoms with Crippen LogP contribution in [0.15, 0.2) is 53.4 Å². The van der Waals surface area contributed by atoms with E-state index in [4.69, 9.17) is 28.9 Å². The quantitative estimate of drug-likeness (QED) is 0.902. The van der Waals surface area contributed by atoms with Crippen molar-refractivity contribution in [3.63, 3.8) is 0 Å². The van der Waals surface area contributed by atoms with Crippen molar-refractivity contribution < 1.29 is 8.42 Å². The minimum atomic E-state index is -3.73. The Morgan fingerprint density at radius 1 is 1.04 bits per heavy atom.